The second-order valence-corrected chi connectivity index (χ2v) is 5.03. The molecule has 1 aromatic rings. The van der Waals surface area contributed by atoms with Gasteiger partial charge in [0.05, 0.1) is 11.1 Å². The van der Waals surface area contributed by atoms with E-state index in [1.54, 1.807) is 0 Å². The summed E-state index contributed by atoms with van der Waals surface area (Å²) in [6.07, 6.45) is -15.5. The summed E-state index contributed by atoms with van der Waals surface area (Å²) < 4.78 is 78.7. The van der Waals surface area contributed by atoms with E-state index in [0.717, 1.165) is 6.92 Å². The molecule has 0 spiro atoms. The van der Waals surface area contributed by atoms with Crippen molar-refractivity contribution >= 4 is 17.8 Å². The zero-order valence-corrected chi connectivity index (χ0v) is 12.8. The number of nitrogens with zero attached hydrogens (tertiary/aromatic N) is 1. The Morgan fingerprint density at radius 1 is 1.00 bits per heavy atom. The van der Waals surface area contributed by atoms with Crippen molar-refractivity contribution in [3.8, 4) is 0 Å². The van der Waals surface area contributed by atoms with Crippen LogP contribution >= 0.6 is 0 Å². The molecule has 2 rings (SSSR count). The van der Waals surface area contributed by atoms with E-state index in [1.165, 1.54) is 24.3 Å². The molecule has 0 aliphatic carbocycles. The highest BCUT2D eigenvalue weighted by atomic mass is 19.4. The average Bonchev–Trinajstić information content (AvgIpc) is 2.77. The lowest BCUT2D eigenvalue weighted by atomic mass is 10.1. The van der Waals surface area contributed by atoms with Gasteiger partial charge in [0.25, 0.3) is 17.9 Å². The smallest absolute Gasteiger partial charge is 0.434 e. The molecule has 0 atom stereocenters. The Kier molecular flexibility index (Phi) is 4.84. The van der Waals surface area contributed by atoms with Gasteiger partial charge in [0, 0.05) is 0 Å². The second kappa shape index (κ2) is 6.46. The Balaban J connectivity index is 2.34. The molecular weight excluding hydrogens is 372 g/mol. The highest BCUT2D eigenvalue weighted by Gasteiger charge is 2.60. The van der Waals surface area contributed by atoms with E-state index in [2.05, 4.69) is 4.74 Å². The molecule has 1 aliphatic rings. The number of hydrogen-bond acceptors (Lipinski definition) is 4. The maximum atomic E-state index is 12.5. The molecule has 0 fully saturated rings. The third kappa shape index (κ3) is 3.41. The van der Waals surface area contributed by atoms with Crippen LogP contribution in [-0.2, 0) is 9.53 Å². The number of ether oxygens (including phenoxy) is 1. The van der Waals surface area contributed by atoms with Crippen LogP contribution in [0.4, 0.5) is 26.3 Å². The van der Waals surface area contributed by atoms with Gasteiger partial charge in [-0.3, -0.25) is 9.59 Å². The van der Waals surface area contributed by atoms with Gasteiger partial charge in [-0.15, -0.1) is 0 Å². The molecule has 26 heavy (non-hydrogen) atoms. The summed E-state index contributed by atoms with van der Waals surface area (Å²) in [6, 6.07) is 5.24. The summed E-state index contributed by atoms with van der Waals surface area (Å²) in [5, 5.41) is 0. The number of halogens is 6. The number of alkyl halides is 6. The lowest BCUT2D eigenvalue weighted by Crippen LogP contribution is -2.47. The number of fused-ring (bicyclic) bond motifs is 1. The Morgan fingerprint density at radius 2 is 1.42 bits per heavy atom. The monoisotopic (exact) mass is 381 g/mol. The molecule has 1 aromatic carbocycles. The maximum absolute atomic E-state index is 12.5. The van der Waals surface area contributed by atoms with Crippen LogP contribution in [0.3, 0.4) is 0 Å². The maximum Gasteiger partial charge on any atom is 0.434 e. The van der Waals surface area contributed by atoms with E-state index in [4.69, 9.17) is 0 Å². The van der Waals surface area contributed by atoms with Crippen LogP contribution in [0.15, 0.2) is 36.0 Å². The molecule has 0 radical (unpaired) electrons. The van der Waals surface area contributed by atoms with E-state index >= 15 is 0 Å². The summed E-state index contributed by atoms with van der Waals surface area (Å²) in [4.78, 5) is 36.5. The molecule has 0 unspecified atom stereocenters. The van der Waals surface area contributed by atoms with Crippen molar-refractivity contribution < 1.29 is 45.5 Å². The van der Waals surface area contributed by atoms with Gasteiger partial charge in [-0.2, -0.15) is 26.3 Å². The molecule has 0 bridgehead atoms. The Bertz CT molecular complexity index is 747. The zero-order chi connectivity index (χ0) is 19.9. The van der Waals surface area contributed by atoms with Gasteiger partial charge in [-0.1, -0.05) is 18.2 Å². The Hall–Kier alpha value is -2.85. The molecule has 5 nitrogen and oxygen atoms in total. The zero-order valence-electron chi connectivity index (χ0n) is 12.8. The first-order valence-electron chi connectivity index (χ1n) is 6.88. The molecule has 0 saturated heterocycles. The predicted octanol–water partition coefficient (Wildman–Crippen LogP) is 3.22. The quantitative estimate of drug-likeness (QED) is 0.349. The minimum atomic E-state index is -5.92. The summed E-state index contributed by atoms with van der Waals surface area (Å²) in [6.45, 7) is 1.05. The minimum Gasteiger partial charge on any atom is -0.438 e. The Morgan fingerprint density at radius 3 is 1.77 bits per heavy atom. The van der Waals surface area contributed by atoms with Crippen molar-refractivity contribution in [3.63, 3.8) is 0 Å². The average molecular weight is 381 g/mol. The number of carbonyl (C=O) groups excluding carboxylic acids is 3. The van der Waals surface area contributed by atoms with Crippen molar-refractivity contribution in [1.82, 2.24) is 4.90 Å². The van der Waals surface area contributed by atoms with Gasteiger partial charge < -0.3 is 4.74 Å². The van der Waals surface area contributed by atoms with Crippen LogP contribution in [-0.4, -0.2) is 41.1 Å². The molecular formula is C15H9F6NO4. The standard InChI is InChI=1S/C15H9F6NO4/c1-2-9(12(25)26-13(14(16,17)18)15(19,20)21)22-10(23)7-5-3-4-6-8(7)11(22)24/h2-6,13H,1H3/b9-2-. The molecule has 0 N–H and O–H groups in total. The SMILES string of the molecule is C/C=C(/C(=O)OC(C(F)(F)F)C(F)(F)F)N1C(=O)c2ccccc2C1=O. The van der Waals surface area contributed by atoms with Gasteiger partial charge in [-0.25, -0.2) is 9.69 Å². The van der Waals surface area contributed by atoms with Crippen LogP contribution in [0.5, 0.6) is 0 Å². The Labute approximate surface area is 141 Å². The normalized spacial score (nSPS) is 15.5. The molecule has 2 amide bonds. The first kappa shape index (κ1) is 19.5. The van der Waals surface area contributed by atoms with Crippen LogP contribution in [0, 0.1) is 0 Å². The molecule has 1 heterocycles. The molecule has 140 valence electrons. The van der Waals surface area contributed by atoms with Crippen molar-refractivity contribution in [2.24, 2.45) is 0 Å². The number of hydrogen-bond donors (Lipinski definition) is 0. The third-order valence-corrected chi connectivity index (χ3v) is 3.34. The number of rotatable bonds is 3. The first-order chi connectivity index (χ1) is 11.9. The van der Waals surface area contributed by atoms with Crippen LogP contribution in [0.1, 0.15) is 27.6 Å². The summed E-state index contributed by atoms with van der Waals surface area (Å²) in [7, 11) is 0. The number of allylic oxidation sites excluding steroid dienone is 1. The molecule has 1 aliphatic heterocycles. The van der Waals surface area contributed by atoms with E-state index in [9.17, 15) is 40.7 Å². The van der Waals surface area contributed by atoms with E-state index in [0.29, 0.717) is 6.08 Å². The first-order valence-corrected chi connectivity index (χ1v) is 6.88. The molecule has 0 saturated carbocycles. The number of carbonyl (C=O) groups is 3. The summed E-state index contributed by atoms with van der Waals surface area (Å²) in [5.41, 5.74) is -1.34. The summed E-state index contributed by atoms with van der Waals surface area (Å²) >= 11 is 0. The molecule has 11 heteroatoms. The number of benzene rings is 1. The van der Waals surface area contributed by atoms with Gasteiger partial charge in [0.15, 0.2) is 0 Å². The lowest BCUT2D eigenvalue weighted by molar-refractivity contribution is -0.312. The van der Waals surface area contributed by atoms with Crippen molar-refractivity contribution in [2.75, 3.05) is 0 Å². The number of amides is 2. The van der Waals surface area contributed by atoms with Crippen molar-refractivity contribution in [1.29, 1.82) is 0 Å². The van der Waals surface area contributed by atoms with Crippen LogP contribution in [0.25, 0.3) is 0 Å². The largest absolute Gasteiger partial charge is 0.438 e. The second-order valence-electron chi connectivity index (χ2n) is 5.03. The van der Waals surface area contributed by atoms with E-state index in [1.807, 2.05) is 0 Å². The van der Waals surface area contributed by atoms with Gasteiger partial charge in [0.2, 0.25) is 0 Å². The van der Waals surface area contributed by atoms with Crippen LogP contribution in [0.2, 0.25) is 0 Å². The fraction of sp³-hybridized carbons (Fsp3) is 0.267. The third-order valence-electron chi connectivity index (χ3n) is 3.34. The highest BCUT2D eigenvalue weighted by Crippen LogP contribution is 2.36. The van der Waals surface area contributed by atoms with Crippen molar-refractivity contribution in [2.45, 2.75) is 25.4 Å². The minimum absolute atomic E-state index is 0.146. The van der Waals surface area contributed by atoms with E-state index < -0.39 is 41.9 Å². The highest BCUT2D eigenvalue weighted by molar-refractivity contribution is 6.24. The predicted molar refractivity (Wildman–Crippen MR) is 72.7 cm³/mol. The lowest BCUT2D eigenvalue weighted by Gasteiger charge is -2.24. The topological polar surface area (TPSA) is 63.7 Å². The fourth-order valence-corrected chi connectivity index (χ4v) is 2.23. The van der Waals surface area contributed by atoms with Gasteiger partial charge in [-0.05, 0) is 19.1 Å². The number of imide groups is 1. The van der Waals surface area contributed by atoms with E-state index in [-0.39, 0.29) is 16.0 Å². The molecule has 0 aromatic heterocycles. The fourth-order valence-electron chi connectivity index (χ4n) is 2.23. The van der Waals surface area contributed by atoms with Gasteiger partial charge in [0.1, 0.15) is 5.70 Å². The number of esters is 1. The van der Waals surface area contributed by atoms with Gasteiger partial charge >= 0.3 is 18.3 Å². The van der Waals surface area contributed by atoms with Crippen molar-refractivity contribution in [3.05, 3.63) is 47.2 Å². The van der Waals surface area contributed by atoms with Crippen LogP contribution < -0.4 is 0 Å². The summed E-state index contributed by atoms with van der Waals surface area (Å²) in [5.74, 6) is -4.24.